The van der Waals surface area contributed by atoms with Crippen molar-refractivity contribution in [2.45, 2.75) is 25.4 Å². The quantitative estimate of drug-likeness (QED) is 0.414. The lowest BCUT2D eigenvalue weighted by Gasteiger charge is -2.15. The number of hydrogen-bond donors (Lipinski definition) is 2. The molecule has 1 aliphatic heterocycles. The van der Waals surface area contributed by atoms with Gasteiger partial charge in [0, 0.05) is 43.4 Å². The van der Waals surface area contributed by atoms with E-state index in [9.17, 15) is 22.8 Å². The van der Waals surface area contributed by atoms with E-state index in [-0.39, 0.29) is 43.3 Å². The van der Waals surface area contributed by atoms with Gasteiger partial charge in [0.05, 0.1) is 24.2 Å². The summed E-state index contributed by atoms with van der Waals surface area (Å²) in [6.45, 7) is 0.510. The predicted molar refractivity (Wildman–Crippen MR) is 132 cm³/mol. The molecule has 1 saturated carbocycles. The Bertz CT molecular complexity index is 1330. The first-order chi connectivity index (χ1) is 18.4. The summed E-state index contributed by atoms with van der Waals surface area (Å²) in [5.74, 6) is -0.469. The highest BCUT2D eigenvalue weighted by Gasteiger charge is 2.35. The molecule has 2 amide bonds. The Morgan fingerprint density at radius 3 is 2.79 bits per heavy atom. The van der Waals surface area contributed by atoms with Crippen molar-refractivity contribution >= 4 is 22.8 Å². The molecule has 1 aromatic carbocycles. The van der Waals surface area contributed by atoms with Crippen LogP contribution >= 0.6 is 0 Å². The lowest BCUT2D eigenvalue weighted by molar-refractivity contribution is -0.134. The summed E-state index contributed by atoms with van der Waals surface area (Å²) < 4.78 is 52.2. The second-order valence-electron chi connectivity index (χ2n) is 9.68. The van der Waals surface area contributed by atoms with E-state index in [0.717, 1.165) is 12.8 Å². The van der Waals surface area contributed by atoms with Crippen molar-refractivity contribution in [3.8, 4) is 17.0 Å². The Hall–Kier alpha value is -3.67. The van der Waals surface area contributed by atoms with Gasteiger partial charge in [0.15, 0.2) is 0 Å². The smallest absolute Gasteiger partial charge is 0.263 e. The monoisotopic (exact) mass is 531 g/mol. The number of rotatable bonds is 10. The van der Waals surface area contributed by atoms with Crippen molar-refractivity contribution in [3.05, 3.63) is 41.9 Å². The van der Waals surface area contributed by atoms with Gasteiger partial charge < -0.3 is 24.7 Å². The number of likely N-dealkylation sites (tertiary alicyclic amines) is 1. The lowest BCUT2D eigenvalue weighted by atomic mass is 10.0. The number of halogens is 3. The van der Waals surface area contributed by atoms with E-state index in [1.807, 2.05) is 0 Å². The molecular formula is C26H28F3N5O4. The zero-order valence-corrected chi connectivity index (χ0v) is 20.8. The molecule has 5 rings (SSSR count). The molecule has 2 fully saturated rings. The van der Waals surface area contributed by atoms with Gasteiger partial charge in [0.1, 0.15) is 36.1 Å². The van der Waals surface area contributed by atoms with E-state index >= 15 is 0 Å². The number of alkyl halides is 3. The Kier molecular flexibility index (Phi) is 7.50. The molecule has 0 unspecified atom stereocenters. The summed E-state index contributed by atoms with van der Waals surface area (Å²) in [7, 11) is 1.40. The Morgan fingerprint density at radius 2 is 2.05 bits per heavy atom. The molecule has 12 heteroatoms. The first-order valence-electron chi connectivity index (χ1n) is 12.4. The number of carbonyl (C=O) groups excluding carboxylic acids is 2. The van der Waals surface area contributed by atoms with Crippen LogP contribution in [0.1, 0.15) is 35.2 Å². The van der Waals surface area contributed by atoms with Gasteiger partial charge in [0.25, 0.3) is 12.3 Å². The van der Waals surface area contributed by atoms with Crippen molar-refractivity contribution < 1.29 is 32.2 Å². The summed E-state index contributed by atoms with van der Waals surface area (Å²) in [4.78, 5) is 37.9. The minimum absolute atomic E-state index is 0.0248. The molecule has 38 heavy (non-hydrogen) atoms. The van der Waals surface area contributed by atoms with Gasteiger partial charge in [0.2, 0.25) is 5.91 Å². The van der Waals surface area contributed by atoms with Crippen LogP contribution in [0.15, 0.2) is 30.7 Å². The molecule has 3 heterocycles. The number of aromatic amines is 1. The van der Waals surface area contributed by atoms with Crippen LogP contribution < -0.4 is 10.1 Å². The zero-order valence-electron chi connectivity index (χ0n) is 20.8. The number of fused-ring (bicyclic) bond motifs is 1. The zero-order chi connectivity index (χ0) is 26.8. The maximum Gasteiger partial charge on any atom is 0.263 e. The summed E-state index contributed by atoms with van der Waals surface area (Å²) in [5, 5.41) is 2.72. The number of ether oxygens (including phenoxy) is 2. The molecule has 1 saturated heterocycles. The van der Waals surface area contributed by atoms with Gasteiger partial charge in [-0.15, -0.1) is 0 Å². The van der Waals surface area contributed by atoms with Crippen LogP contribution in [-0.4, -0.2) is 77.8 Å². The SMILES string of the molecule is COCC(=O)N1C[C@H](CNC(=O)c2c[nH]c3c(-c4cc(C(F)F)ccc4OCC4CC4)ncnc23)[C@H](F)C1. The molecule has 0 spiro atoms. The van der Waals surface area contributed by atoms with Crippen LogP contribution in [0.4, 0.5) is 13.2 Å². The Balaban J connectivity index is 1.36. The van der Waals surface area contributed by atoms with Crippen molar-refractivity contribution in [2.75, 3.05) is 40.0 Å². The van der Waals surface area contributed by atoms with E-state index < -0.39 is 24.4 Å². The normalized spacial score (nSPS) is 19.3. The van der Waals surface area contributed by atoms with Gasteiger partial charge in [-0.3, -0.25) is 9.59 Å². The number of amides is 2. The van der Waals surface area contributed by atoms with E-state index in [4.69, 9.17) is 9.47 Å². The fourth-order valence-electron chi connectivity index (χ4n) is 4.56. The number of benzene rings is 1. The molecule has 2 aromatic heterocycles. The Labute approximate surface area is 216 Å². The largest absolute Gasteiger partial charge is 0.493 e. The van der Waals surface area contributed by atoms with Crippen LogP contribution in [-0.2, 0) is 9.53 Å². The van der Waals surface area contributed by atoms with Crippen molar-refractivity contribution in [3.63, 3.8) is 0 Å². The van der Waals surface area contributed by atoms with E-state index in [1.165, 1.54) is 42.7 Å². The van der Waals surface area contributed by atoms with Crippen molar-refractivity contribution in [1.29, 1.82) is 0 Å². The van der Waals surface area contributed by atoms with E-state index in [0.29, 0.717) is 40.6 Å². The summed E-state index contributed by atoms with van der Waals surface area (Å²) in [6.07, 6.45) is 0.908. The third kappa shape index (κ3) is 5.45. The standard InChI is InChI=1S/C26H28F3N5O4/c1-37-12-21(35)34-9-16(19(27)10-34)7-31-26(36)18-8-30-24-22(32-13-33-23(18)24)17-6-15(25(28)29)4-5-20(17)38-11-14-2-3-14/h4-6,8,13-14,16,19,25,30H,2-3,7,9-12H2,1H3,(H,31,36)/t16-,19+/m0/s1. The first kappa shape index (κ1) is 26.0. The maximum atomic E-state index is 14.5. The molecule has 3 aromatic rings. The highest BCUT2D eigenvalue weighted by Crippen LogP contribution is 2.38. The van der Waals surface area contributed by atoms with Crippen molar-refractivity contribution in [2.24, 2.45) is 11.8 Å². The number of hydrogen-bond acceptors (Lipinski definition) is 6. The number of nitrogens with one attached hydrogen (secondary N) is 2. The number of nitrogens with zero attached hydrogens (tertiary/aromatic N) is 3. The number of carbonyl (C=O) groups is 2. The van der Waals surface area contributed by atoms with E-state index in [1.54, 1.807) is 0 Å². The minimum atomic E-state index is -2.68. The third-order valence-corrected chi connectivity index (χ3v) is 6.90. The van der Waals surface area contributed by atoms with Gasteiger partial charge in [-0.25, -0.2) is 23.1 Å². The summed E-state index contributed by atoms with van der Waals surface area (Å²) in [5.41, 5.74) is 1.41. The van der Waals surface area contributed by atoms with Crippen molar-refractivity contribution in [1.82, 2.24) is 25.2 Å². The van der Waals surface area contributed by atoms with Crippen LogP contribution in [0.25, 0.3) is 22.3 Å². The maximum absolute atomic E-state index is 14.5. The second kappa shape index (κ2) is 11.0. The summed E-state index contributed by atoms with van der Waals surface area (Å²) in [6, 6.07) is 4.18. The van der Waals surface area contributed by atoms with Crippen LogP contribution in [0.3, 0.4) is 0 Å². The fraction of sp³-hybridized carbons (Fsp3) is 0.462. The minimum Gasteiger partial charge on any atom is -0.493 e. The third-order valence-electron chi connectivity index (χ3n) is 6.90. The summed E-state index contributed by atoms with van der Waals surface area (Å²) >= 11 is 0. The molecular weight excluding hydrogens is 503 g/mol. The van der Waals surface area contributed by atoms with Crippen LogP contribution in [0.5, 0.6) is 5.75 Å². The van der Waals surface area contributed by atoms with E-state index in [2.05, 4.69) is 20.3 Å². The molecule has 2 aliphatic rings. The lowest BCUT2D eigenvalue weighted by Crippen LogP contribution is -2.34. The van der Waals surface area contributed by atoms with Gasteiger partial charge >= 0.3 is 0 Å². The van der Waals surface area contributed by atoms with Gasteiger partial charge in [-0.2, -0.15) is 0 Å². The molecule has 0 radical (unpaired) electrons. The van der Waals surface area contributed by atoms with Gasteiger partial charge in [-0.1, -0.05) is 0 Å². The average molecular weight is 532 g/mol. The molecule has 202 valence electrons. The first-order valence-corrected chi connectivity index (χ1v) is 12.4. The molecule has 0 bridgehead atoms. The molecule has 1 aliphatic carbocycles. The number of aromatic nitrogens is 3. The van der Waals surface area contributed by atoms with Crippen LogP contribution in [0.2, 0.25) is 0 Å². The number of methoxy groups -OCH3 is 1. The molecule has 9 nitrogen and oxygen atoms in total. The topological polar surface area (TPSA) is 109 Å². The van der Waals surface area contributed by atoms with Crippen LogP contribution in [0, 0.1) is 11.8 Å². The molecule has 2 atom stereocenters. The molecule has 2 N–H and O–H groups in total. The average Bonchev–Trinajstić information content (AvgIpc) is 3.51. The fourth-order valence-corrected chi connectivity index (χ4v) is 4.56. The number of H-pyrrole nitrogens is 1. The highest BCUT2D eigenvalue weighted by molar-refractivity contribution is 6.07. The Morgan fingerprint density at radius 1 is 1.24 bits per heavy atom. The predicted octanol–water partition coefficient (Wildman–Crippen LogP) is 3.52. The second-order valence-corrected chi connectivity index (χ2v) is 9.68. The van der Waals surface area contributed by atoms with Gasteiger partial charge in [-0.05, 0) is 37.0 Å². The highest BCUT2D eigenvalue weighted by atomic mass is 19.3.